The molecule has 0 saturated carbocycles. The monoisotopic (exact) mass is 306 g/mol. The van der Waals surface area contributed by atoms with E-state index in [0.717, 1.165) is 0 Å². The van der Waals surface area contributed by atoms with Crippen molar-refractivity contribution in [3.05, 3.63) is 59.2 Å². The highest BCUT2D eigenvalue weighted by Crippen LogP contribution is 2.37. The molecule has 0 spiro atoms. The Morgan fingerprint density at radius 1 is 0.870 bits per heavy atom. The molecular weight excluding hydrogens is 276 g/mol. The van der Waals surface area contributed by atoms with Crippen molar-refractivity contribution in [3.63, 3.8) is 0 Å². The van der Waals surface area contributed by atoms with Crippen molar-refractivity contribution in [1.29, 1.82) is 0 Å². The van der Waals surface area contributed by atoms with Gasteiger partial charge in [0.25, 0.3) is 0 Å². The molecular formula is C23H30. The molecule has 0 aliphatic heterocycles. The van der Waals surface area contributed by atoms with E-state index >= 15 is 0 Å². The van der Waals surface area contributed by atoms with E-state index < -0.39 is 0 Å². The molecule has 2 rings (SSSR count). The van der Waals surface area contributed by atoms with Crippen LogP contribution in [0.15, 0.2) is 36.9 Å². The molecule has 23 heavy (non-hydrogen) atoms. The molecule has 0 heteroatoms. The summed E-state index contributed by atoms with van der Waals surface area (Å²) >= 11 is 0. The minimum atomic E-state index is 0.113. The second kappa shape index (κ2) is 6.00. The lowest BCUT2D eigenvalue weighted by atomic mass is 9.77. The van der Waals surface area contributed by atoms with Gasteiger partial charge < -0.3 is 0 Å². The van der Waals surface area contributed by atoms with Crippen LogP contribution in [0.3, 0.4) is 0 Å². The smallest absolute Gasteiger partial charge is 0.00996 e. The van der Waals surface area contributed by atoms with Gasteiger partial charge in [-0.05, 0) is 56.8 Å². The maximum atomic E-state index is 3.99. The van der Waals surface area contributed by atoms with Crippen LogP contribution >= 0.6 is 0 Å². The summed E-state index contributed by atoms with van der Waals surface area (Å²) < 4.78 is 0. The average molecular weight is 306 g/mol. The summed E-state index contributed by atoms with van der Waals surface area (Å²) in [5.74, 6) is 0. The van der Waals surface area contributed by atoms with Gasteiger partial charge in [-0.2, -0.15) is 0 Å². The van der Waals surface area contributed by atoms with E-state index in [2.05, 4.69) is 91.5 Å². The second-order valence-electron chi connectivity index (χ2n) is 8.39. The molecule has 2 aromatic rings. The van der Waals surface area contributed by atoms with Crippen molar-refractivity contribution < 1.29 is 0 Å². The van der Waals surface area contributed by atoms with E-state index in [1.165, 1.54) is 33.0 Å². The molecule has 0 aliphatic carbocycles. The van der Waals surface area contributed by atoms with Crippen molar-refractivity contribution in [2.24, 2.45) is 0 Å². The van der Waals surface area contributed by atoms with Crippen LogP contribution in [0.1, 0.15) is 70.7 Å². The topological polar surface area (TPSA) is 0 Å². The Bertz CT molecular complexity index is 759. The molecule has 0 radical (unpaired) electrons. The van der Waals surface area contributed by atoms with Crippen LogP contribution in [-0.4, -0.2) is 0 Å². The third-order valence-corrected chi connectivity index (χ3v) is 4.44. The molecule has 0 nitrogen and oxygen atoms in total. The first-order valence-corrected chi connectivity index (χ1v) is 8.46. The van der Waals surface area contributed by atoms with Crippen molar-refractivity contribution >= 4 is 22.9 Å². The molecule has 0 heterocycles. The Kier molecular flexibility index (Phi) is 4.57. The maximum Gasteiger partial charge on any atom is -0.00996 e. The van der Waals surface area contributed by atoms with Crippen LogP contribution in [-0.2, 0) is 10.8 Å². The lowest BCUT2D eigenvalue weighted by Gasteiger charge is -2.27. The Morgan fingerprint density at radius 2 is 1.52 bits per heavy atom. The van der Waals surface area contributed by atoms with E-state index in [9.17, 15) is 0 Å². The SMILES string of the molecule is C=Cc1ccc2c(C(C)(C)C)cc(C(C)(C)C)cc2c1/C=C\C. The molecule has 0 N–H and O–H groups in total. The predicted octanol–water partition coefficient (Wildman–Crippen LogP) is 7.11. The van der Waals surface area contributed by atoms with Gasteiger partial charge in [0.1, 0.15) is 0 Å². The summed E-state index contributed by atoms with van der Waals surface area (Å²) in [4.78, 5) is 0. The van der Waals surface area contributed by atoms with Crippen molar-refractivity contribution in [3.8, 4) is 0 Å². The fourth-order valence-corrected chi connectivity index (χ4v) is 3.06. The van der Waals surface area contributed by atoms with Gasteiger partial charge >= 0.3 is 0 Å². The van der Waals surface area contributed by atoms with Crippen LogP contribution in [0.25, 0.3) is 22.9 Å². The van der Waals surface area contributed by atoms with Gasteiger partial charge in [-0.25, -0.2) is 0 Å². The van der Waals surface area contributed by atoms with Crippen LogP contribution in [0.4, 0.5) is 0 Å². The zero-order chi connectivity index (χ0) is 17.4. The van der Waals surface area contributed by atoms with Crippen LogP contribution in [0.2, 0.25) is 0 Å². The second-order valence-corrected chi connectivity index (χ2v) is 8.39. The Morgan fingerprint density at radius 3 is 2.00 bits per heavy atom. The molecule has 0 unspecified atom stereocenters. The molecule has 2 aromatic carbocycles. The van der Waals surface area contributed by atoms with Gasteiger partial charge in [0.15, 0.2) is 0 Å². The summed E-state index contributed by atoms with van der Waals surface area (Å²) in [5.41, 5.74) is 5.52. The van der Waals surface area contributed by atoms with Crippen molar-refractivity contribution in [2.45, 2.75) is 59.3 Å². The fraction of sp³-hybridized carbons (Fsp3) is 0.391. The number of hydrogen-bond donors (Lipinski definition) is 0. The normalized spacial score (nSPS) is 13.0. The zero-order valence-corrected chi connectivity index (χ0v) is 15.7. The largest absolute Gasteiger partial charge is 0.0984 e. The van der Waals surface area contributed by atoms with Crippen LogP contribution < -0.4 is 0 Å². The summed E-state index contributed by atoms with van der Waals surface area (Å²) in [6.45, 7) is 19.8. The van der Waals surface area contributed by atoms with Gasteiger partial charge in [0.05, 0.1) is 0 Å². The molecule has 0 bridgehead atoms. The van der Waals surface area contributed by atoms with E-state index in [4.69, 9.17) is 0 Å². The van der Waals surface area contributed by atoms with E-state index in [0.29, 0.717) is 0 Å². The first-order chi connectivity index (χ1) is 10.6. The quantitative estimate of drug-likeness (QED) is 0.554. The molecule has 0 saturated heterocycles. The maximum absolute atomic E-state index is 3.99. The number of benzene rings is 2. The average Bonchev–Trinajstić information content (AvgIpc) is 2.44. The minimum Gasteiger partial charge on any atom is -0.0984 e. The van der Waals surface area contributed by atoms with Crippen molar-refractivity contribution in [1.82, 2.24) is 0 Å². The summed E-state index contributed by atoms with van der Waals surface area (Å²) in [7, 11) is 0. The highest BCUT2D eigenvalue weighted by Gasteiger charge is 2.23. The molecule has 0 atom stereocenters. The van der Waals surface area contributed by atoms with Gasteiger partial charge in [-0.3, -0.25) is 0 Å². The first kappa shape index (κ1) is 17.5. The third kappa shape index (κ3) is 3.42. The standard InChI is InChI=1S/C23H30/c1-9-11-18-16(10-2)12-13-19-20(18)14-17(22(3,4)5)15-21(19)23(6,7)8/h9-15H,2H2,1,3-8H3/b11-9-. The molecule has 0 aromatic heterocycles. The van der Waals surface area contributed by atoms with Crippen molar-refractivity contribution in [2.75, 3.05) is 0 Å². The summed E-state index contributed by atoms with van der Waals surface area (Å²) in [6.07, 6.45) is 6.27. The van der Waals surface area contributed by atoms with Crippen LogP contribution in [0.5, 0.6) is 0 Å². The van der Waals surface area contributed by atoms with Gasteiger partial charge in [-0.15, -0.1) is 0 Å². The van der Waals surface area contributed by atoms with E-state index in [1.807, 2.05) is 6.08 Å². The lowest BCUT2D eigenvalue weighted by molar-refractivity contribution is 0.573. The molecule has 0 fully saturated rings. The number of allylic oxidation sites excluding steroid dienone is 1. The van der Waals surface area contributed by atoms with E-state index in [-0.39, 0.29) is 10.8 Å². The first-order valence-electron chi connectivity index (χ1n) is 8.46. The van der Waals surface area contributed by atoms with Crippen LogP contribution in [0, 0.1) is 0 Å². The highest BCUT2D eigenvalue weighted by atomic mass is 14.3. The predicted molar refractivity (Wildman–Crippen MR) is 106 cm³/mol. The summed E-state index contributed by atoms with van der Waals surface area (Å²) in [5, 5.41) is 2.68. The molecule has 0 aliphatic rings. The number of fused-ring (bicyclic) bond motifs is 1. The molecule has 122 valence electrons. The summed E-state index contributed by atoms with van der Waals surface area (Å²) in [6, 6.07) is 9.21. The third-order valence-electron chi connectivity index (χ3n) is 4.44. The Labute approximate surface area is 141 Å². The zero-order valence-electron chi connectivity index (χ0n) is 15.7. The Hall–Kier alpha value is -1.82. The number of hydrogen-bond acceptors (Lipinski definition) is 0. The lowest BCUT2D eigenvalue weighted by Crippen LogP contribution is -2.17. The highest BCUT2D eigenvalue weighted by molar-refractivity contribution is 5.97. The van der Waals surface area contributed by atoms with E-state index in [1.54, 1.807) is 0 Å². The number of rotatable bonds is 2. The van der Waals surface area contributed by atoms with Gasteiger partial charge in [-0.1, -0.05) is 84.5 Å². The van der Waals surface area contributed by atoms with Gasteiger partial charge in [0, 0.05) is 0 Å². The minimum absolute atomic E-state index is 0.113. The van der Waals surface area contributed by atoms with Gasteiger partial charge in [0.2, 0.25) is 0 Å². The fourth-order valence-electron chi connectivity index (χ4n) is 3.06. The Balaban J connectivity index is 3.02. The molecule has 0 amide bonds.